The summed E-state index contributed by atoms with van der Waals surface area (Å²) >= 11 is 5.28. The molecule has 0 aliphatic rings. The average Bonchev–Trinajstić information content (AvgIpc) is 1.86. The Bertz CT molecular complexity index is 241. The number of hydrogen-bond acceptors (Lipinski definition) is 1. The lowest BCUT2D eigenvalue weighted by molar-refractivity contribution is -0.141. The molecule has 0 spiro atoms. The topological polar surface area (TPSA) is 12.9 Å². The van der Waals surface area contributed by atoms with Gasteiger partial charge in [-0.25, -0.2) is 4.98 Å². The van der Waals surface area contributed by atoms with Crippen LogP contribution in [0.1, 0.15) is 5.69 Å². The van der Waals surface area contributed by atoms with Crippen LogP contribution >= 0.6 is 11.6 Å². The Kier molecular flexibility index (Phi) is 2.04. The van der Waals surface area contributed by atoms with Gasteiger partial charge in [0.15, 0.2) is 0 Å². The number of aromatic nitrogens is 1. The molecule has 5 heteroatoms. The van der Waals surface area contributed by atoms with E-state index in [1.165, 1.54) is 0 Å². The summed E-state index contributed by atoms with van der Waals surface area (Å²) in [5.74, 6) is 0. The van der Waals surface area contributed by atoms with Gasteiger partial charge in [-0.05, 0) is 12.1 Å². The molecule has 0 N–H and O–H groups in total. The molecule has 1 rings (SSSR count). The lowest BCUT2D eigenvalue weighted by Gasteiger charge is -2.03. The Balaban J connectivity index is 2.99. The molecule has 1 radical (unpaired) electrons. The molecular weight excluding hydrogens is 179 g/mol. The number of nitrogens with zero attached hydrogens (tertiary/aromatic N) is 1. The van der Waals surface area contributed by atoms with Gasteiger partial charge in [0.25, 0.3) is 0 Å². The van der Waals surface area contributed by atoms with E-state index < -0.39 is 11.9 Å². The molecule has 11 heavy (non-hydrogen) atoms. The maximum absolute atomic E-state index is 11.8. The zero-order chi connectivity index (χ0) is 8.48. The summed E-state index contributed by atoms with van der Waals surface area (Å²) in [6.45, 7) is 0. The summed E-state index contributed by atoms with van der Waals surface area (Å²) in [5.41, 5.74) is -0.984. The molecule has 0 saturated carbocycles. The van der Waals surface area contributed by atoms with Gasteiger partial charge in [-0.15, -0.1) is 0 Å². The highest BCUT2D eigenvalue weighted by molar-refractivity contribution is 6.30. The largest absolute Gasteiger partial charge is 0.433 e. The van der Waals surface area contributed by atoms with Crippen LogP contribution in [0.15, 0.2) is 12.1 Å². The van der Waals surface area contributed by atoms with Crippen molar-refractivity contribution >= 4 is 11.6 Å². The van der Waals surface area contributed by atoms with Crippen molar-refractivity contribution < 1.29 is 13.2 Å². The average molecular weight is 181 g/mol. The fraction of sp³-hybridized carbons (Fsp3) is 0.167. The predicted octanol–water partition coefficient (Wildman–Crippen LogP) is 2.55. The van der Waals surface area contributed by atoms with Crippen LogP contribution in [0.4, 0.5) is 13.2 Å². The van der Waals surface area contributed by atoms with Gasteiger partial charge in [-0.2, -0.15) is 13.2 Å². The normalized spacial score (nSPS) is 11.6. The summed E-state index contributed by atoms with van der Waals surface area (Å²) in [6, 6.07) is 1.90. The molecule has 1 heterocycles. The number of pyridine rings is 1. The second-order valence-corrected chi connectivity index (χ2v) is 2.20. The van der Waals surface area contributed by atoms with Gasteiger partial charge in [0, 0.05) is 0 Å². The minimum absolute atomic E-state index is 0.0676. The van der Waals surface area contributed by atoms with Crippen LogP contribution in [-0.4, -0.2) is 4.98 Å². The Morgan fingerprint density at radius 1 is 1.36 bits per heavy atom. The van der Waals surface area contributed by atoms with Gasteiger partial charge in [0.2, 0.25) is 0 Å². The minimum atomic E-state index is -4.42. The second kappa shape index (κ2) is 2.70. The smallest absolute Gasteiger partial charge is 0.240 e. The zero-order valence-electron chi connectivity index (χ0n) is 5.11. The Labute approximate surface area is 65.8 Å². The van der Waals surface area contributed by atoms with Crippen molar-refractivity contribution in [1.29, 1.82) is 0 Å². The van der Waals surface area contributed by atoms with Gasteiger partial charge in [0.1, 0.15) is 11.9 Å². The number of rotatable bonds is 0. The monoisotopic (exact) mass is 180 g/mol. The number of hydrogen-bond donors (Lipinski definition) is 0. The van der Waals surface area contributed by atoms with Crippen molar-refractivity contribution in [3.05, 3.63) is 29.0 Å². The van der Waals surface area contributed by atoms with E-state index in [0.717, 1.165) is 12.1 Å². The van der Waals surface area contributed by atoms with Crippen molar-refractivity contribution in [3.8, 4) is 0 Å². The van der Waals surface area contributed by atoms with Crippen LogP contribution in [0, 0.1) is 6.20 Å². The molecule has 0 bridgehead atoms. The summed E-state index contributed by atoms with van der Waals surface area (Å²) in [7, 11) is 0. The van der Waals surface area contributed by atoms with E-state index >= 15 is 0 Å². The quantitative estimate of drug-likeness (QED) is 0.598. The van der Waals surface area contributed by atoms with Crippen molar-refractivity contribution in [2.75, 3.05) is 0 Å². The fourth-order valence-corrected chi connectivity index (χ4v) is 0.603. The SMILES string of the molecule is FC(F)(F)c1ccc(Cl)[c]n1. The molecule has 1 nitrogen and oxygen atoms in total. The summed E-state index contributed by atoms with van der Waals surface area (Å²) in [6.07, 6.45) is -2.41. The van der Waals surface area contributed by atoms with Crippen molar-refractivity contribution in [2.45, 2.75) is 6.18 Å². The summed E-state index contributed by atoms with van der Waals surface area (Å²) in [4.78, 5) is 2.97. The maximum atomic E-state index is 11.8. The van der Waals surface area contributed by atoms with E-state index in [-0.39, 0.29) is 5.02 Å². The summed E-state index contributed by atoms with van der Waals surface area (Å²) < 4.78 is 35.4. The molecule has 0 saturated heterocycles. The molecule has 59 valence electrons. The fourth-order valence-electron chi connectivity index (χ4n) is 0.498. The van der Waals surface area contributed by atoms with Gasteiger partial charge in [-0.1, -0.05) is 11.6 Å². The lowest BCUT2D eigenvalue weighted by Crippen LogP contribution is -2.06. The van der Waals surface area contributed by atoms with Crippen LogP contribution < -0.4 is 0 Å². The highest BCUT2D eigenvalue weighted by atomic mass is 35.5. The first-order valence-electron chi connectivity index (χ1n) is 2.61. The first-order valence-corrected chi connectivity index (χ1v) is 2.99. The van der Waals surface area contributed by atoms with Crippen LogP contribution in [0.3, 0.4) is 0 Å². The number of halogens is 4. The molecule has 0 atom stereocenters. The van der Waals surface area contributed by atoms with E-state index in [1.807, 2.05) is 6.20 Å². The molecule has 0 aliphatic carbocycles. The standard InChI is InChI=1S/C6H2ClF3N/c7-4-1-2-5(11-3-4)6(8,9)10/h1-2H. The molecule has 0 aliphatic heterocycles. The van der Waals surface area contributed by atoms with E-state index in [2.05, 4.69) is 4.98 Å². The molecule has 0 amide bonds. The highest BCUT2D eigenvalue weighted by Crippen LogP contribution is 2.27. The Morgan fingerprint density at radius 3 is 2.36 bits per heavy atom. The van der Waals surface area contributed by atoms with Gasteiger partial charge >= 0.3 is 6.18 Å². The molecule has 0 aromatic carbocycles. The van der Waals surface area contributed by atoms with Gasteiger partial charge < -0.3 is 0 Å². The molecule has 0 unspecified atom stereocenters. The molecule has 1 aromatic rings. The lowest BCUT2D eigenvalue weighted by atomic mass is 10.3. The van der Waals surface area contributed by atoms with E-state index in [0.29, 0.717) is 0 Å². The van der Waals surface area contributed by atoms with Crippen LogP contribution in [0.2, 0.25) is 5.02 Å². The van der Waals surface area contributed by atoms with Crippen LogP contribution in [0.5, 0.6) is 0 Å². The molecule has 0 fully saturated rings. The minimum Gasteiger partial charge on any atom is -0.240 e. The zero-order valence-corrected chi connectivity index (χ0v) is 5.87. The maximum Gasteiger partial charge on any atom is 0.433 e. The van der Waals surface area contributed by atoms with Crippen molar-refractivity contribution in [3.63, 3.8) is 0 Å². The van der Waals surface area contributed by atoms with Crippen LogP contribution in [-0.2, 0) is 6.18 Å². The Morgan fingerprint density at radius 2 is 2.00 bits per heavy atom. The van der Waals surface area contributed by atoms with E-state index in [4.69, 9.17) is 11.6 Å². The predicted molar refractivity (Wildman–Crippen MR) is 33.1 cm³/mol. The highest BCUT2D eigenvalue weighted by Gasteiger charge is 2.31. The number of alkyl halides is 3. The van der Waals surface area contributed by atoms with Crippen LogP contribution in [0.25, 0.3) is 0 Å². The van der Waals surface area contributed by atoms with E-state index in [1.54, 1.807) is 0 Å². The second-order valence-electron chi connectivity index (χ2n) is 1.79. The Hall–Kier alpha value is -0.770. The summed E-state index contributed by atoms with van der Waals surface area (Å²) in [5, 5.41) is 0.0676. The third-order valence-electron chi connectivity index (χ3n) is 0.961. The molecular formula is C6H2ClF3N. The molecule has 1 aromatic heterocycles. The third-order valence-corrected chi connectivity index (χ3v) is 1.17. The van der Waals surface area contributed by atoms with Gasteiger partial charge in [-0.3, -0.25) is 0 Å². The third kappa shape index (κ3) is 2.08. The first kappa shape index (κ1) is 8.33. The van der Waals surface area contributed by atoms with Crippen molar-refractivity contribution in [1.82, 2.24) is 4.98 Å². The van der Waals surface area contributed by atoms with E-state index in [9.17, 15) is 13.2 Å². The first-order chi connectivity index (χ1) is 5.00. The van der Waals surface area contributed by atoms with Gasteiger partial charge in [0.05, 0.1) is 5.02 Å². The van der Waals surface area contributed by atoms with Crippen molar-refractivity contribution in [2.24, 2.45) is 0 Å².